The monoisotopic (exact) mass is 207 g/mol. The zero-order valence-corrected chi connectivity index (χ0v) is 8.80. The van der Waals surface area contributed by atoms with Crippen LogP contribution in [0.2, 0.25) is 0 Å². The molecule has 2 atom stereocenters. The Hall–Kier alpha value is -1.52. The van der Waals surface area contributed by atoms with Gasteiger partial charge in [-0.25, -0.2) is 23.5 Å². The fraction of sp³-hybridized carbons (Fsp3) is 0.600. The van der Waals surface area contributed by atoms with Crippen LogP contribution in [0.4, 0.5) is 0 Å². The second-order valence-electron chi connectivity index (χ2n) is 4.38. The van der Waals surface area contributed by atoms with Crippen molar-refractivity contribution in [2.45, 2.75) is 31.8 Å². The molecule has 5 heteroatoms. The van der Waals surface area contributed by atoms with Crippen LogP contribution in [0.1, 0.15) is 31.8 Å². The van der Waals surface area contributed by atoms with Crippen LogP contribution in [0.3, 0.4) is 0 Å². The van der Waals surface area contributed by atoms with Gasteiger partial charge in [0.2, 0.25) is 0 Å². The summed E-state index contributed by atoms with van der Waals surface area (Å²) >= 11 is 0. The quantitative estimate of drug-likeness (QED) is 0.570. The van der Waals surface area contributed by atoms with Crippen LogP contribution >= 0.6 is 0 Å². The highest BCUT2D eigenvalue weighted by Crippen LogP contribution is 2.37. The highest BCUT2D eigenvalue weighted by molar-refractivity contribution is 5.17. The van der Waals surface area contributed by atoms with E-state index < -0.39 is 0 Å². The third-order valence-electron chi connectivity index (χ3n) is 3.52. The third-order valence-corrected chi connectivity index (χ3v) is 3.52. The van der Waals surface area contributed by atoms with Crippen molar-refractivity contribution in [3.63, 3.8) is 0 Å². The molecule has 0 spiro atoms. The first kappa shape index (κ1) is 8.76. The average molecular weight is 207 g/mol. The van der Waals surface area contributed by atoms with Gasteiger partial charge in [-0.1, -0.05) is 11.6 Å². The molecule has 2 bridgehead atoms. The van der Waals surface area contributed by atoms with Gasteiger partial charge in [-0.3, -0.25) is 0 Å². The van der Waals surface area contributed by atoms with Crippen LogP contribution in [0.5, 0.6) is 0 Å². The van der Waals surface area contributed by atoms with Gasteiger partial charge in [0.1, 0.15) is 0 Å². The van der Waals surface area contributed by atoms with Crippen molar-refractivity contribution in [2.24, 2.45) is 7.05 Å². The van der Waals surface area contributed by atoms with E-state index in [0.717, 1.165) is 12.8 Å². The minimum absolute atomic E-state index is 0.0800. The van der Waals surface area contributed by atoms with Crippen LogP contribution < -0.4 is 11.4 Å². The lowest BCUT2D eigenvalue weighted by Gasteiger charge is -2.36. The van der Waals surface area contributed by atoms with E-state index in [0.29, 0.717) is 0 Å². The molecule has 0 fully saturated rings. The van der Waals surface area contributed by atoms with Crippen LogP contribution in [-0.4, -0.2) is 13.9 Å². The maximum absolute atomic E-state index is 11.8. The van der Waals surface area contributed by atoms with Gasteiger partial charge in [0.25, 0.3) is 0 Å². The first-order valence-electron chi connectivity index (χ1n) is 5.19. The van der Waals surface area contributed by atoms with Gasteiger partial charge in [0, 0.05) is 7.05 Å². The number of allylic oxidation sites excluding steroid dienone is 2. The number of aromatic nitrogens is 3. The molecule has 1 aliphatic carbocycles. The van der Waals surface area contributed by atoms with Crippen LogP contribution in [-0.2, 0) is 7.05 Å². The maximum Gasteiger partial charge on any atom is 0.347 e. The lowest BCUT2D eigenvalue weighted by atomic mass is 9.90. The second kappa shape index (κ2) is 2.53. The van der Waals surface area contributed by atoms with Gasteiger partial charge in [0.05, 0.1) is 12.1 Å². The van der Waals surface area contributed by atoms with Crippen molar-refractivity contribution in [1.29, 1.82) is 0 Å². The number of rotatable bonds is 0. The Kier molecular flexibility index (Phi) is 1.48. The Morgan fingerprint density at radius 1 is 1.20 bits per heavy atom. The summed E-state index contributed by atoms with van der Waals surface area (Å²) in [5.41, 5.74) is 0.819. The fourth-order valence-corrected chi connectivity index (χ4v) is 2.72. The Bertz CT molecular complexity index is 572. The molecule has 0 unspecified atom stereocenters. The summed E-state index contributed by atoms with van der Waals surface area (Å²) in [6.07, 6.45) is 4.04. The molecule has 3 aliphatic rings. The van der Waals surface area contributed by atoms with Gasteiger partial charge in [-0.05, 0) is 19.8 Å². The molecule has 0 saturated carbocycles. The van der Waals surface area contributed by atoms with E-state index in [1.165, 1.54) is 17.2 Å². The summed E-state index contributed by atoms with van der Waals surface area (Å²) in [4.78, 5) is 23.7. The second-order valence-corrected chi connectivity index (χ2v) is 4.38. The van der Waals surface area contributed by atoms with Gasteiger partial charge in [-0.15, -0.1) is 0 Å². The maximum atomic E-state index is 11.8. The van der Waals surface area contributed by atoms with Crippen molar-refractivity contribution in [3.05, 3.63) is 32.6 Å². The number of fused-ring (bicyclic) bond motifs is 1. The van der Waals surface area contributed by atoms with E-state index in [1.807, 2.05) is 6.92 Å². The van der Waals surface area contributed by atoms with E-state index in [-0.39, 0.29) is 23.5 Å². The molecule has 0 aromatic carbocycles. The largest absolute Gasteiger partial charge is 0.347 e. The zero-order valence-electron chi connectivity index (χ0n) is 8.80. The van der Waals surface area contributed by atoms with Crippen LogP contribution in [0, 0.1) is 0 Å². The minimum atomic E-state index is -0.196. The molecule has 4 rings (SSSR count). The van der Waals surface area contributed by atoms with Crippen molar-refractivity contribution < 1.29 is 0 Å². The standard InChI is InChI=1S/C10H13N3O2/c1-6-5-7-3-4-8(6)13-10(15)11(2)9(14)12(7)13/h5,7-8H,3-4H2,1-2H3/t7-,8-/m0/s1. The number of nitrogens with zero attached hydrogens (tertiary/aromatic N) is 3. The summed E-state index contributed by atoms with van der Waals surface area (Å²) in [6, 6.07) is 0.174. The molecule has 5 nitrogen and oxygen atoms in total. The van der Waals surface area contributed by atoms with E-state index in [9.17, 15) is 9.59 Å². The zero-order chi connectivity index (χ0) is 10.7. The Labute approximate surface area is 86.2 Å². The van der Waals surface area contributed by atoms with Crippen molar-refractivity contribution >= 4 is 0 Å². The average Bonchev–Trinajstić information content (AvgIpc) is 2.46. The van der Waals surface area contributed by atoms with Gasteiger partial charge >= 0.3 is 11.4 Å². The molecular formula is C10H13N3O2. The molecule has 1 aromatic rings. The summed E-state index contributed by atoms with van der Waals surface area (Å²) < 4.78 is 4.41. The lowest BCUT2D eigenvalue weighted by Crippen LogP contribution is -2.40. The summed E-state index contributed by atoms with van der Waals surface area (Å²) in [5, 5.41) is 0. The molecule has 0 saturated heterocycles. The highest BCUT2D eigenvalue weighted by atomic mass is 16.2. The SMILES string of the molecule is CC1=C[C@@H]2CC[C@@H]1n1c(=O)n(C)c(=O)n12. The molecule has 2 aliphatic heterocycles. The van der Waals surface area contributed by atoms with E-state index in [2.05, 4.69) is 6.08 Å². The molecule has 15 heavy (non-hydrogen) atoms. The Morgan fingerprint density at radius 2 is 1.87 bits per heavy atom. The molecular weight excluding hydrogens is 194 g/mol. The Balaban J connectivity index is 2.41. The van der Waals surface area contributed by atoms with Gasteiger partial charge in [0.15, 0.2) is 0 Å². The molecule has 80 valence electrons. The van der Waals surface area contributed by atoms with Crippen molar-refractivity contribution in [3.8, 4) is 0 Å². The normalized spacial score (nSPS) is 27.7. The van der Waals surface area contributed by atoms with E-state index >= 15 is 0 Å². The number of hydrogen-bond donors (Lipinski definition) is 0. The minimum Gasteiger partial charge on any atom is -0.246 e. The first-order valence-corrected chi connectivity index (χ1v) is 5.19. The van der Waals surface area contributed by atoms with Crippen LogP contribution in [0.15, 0.2) is 21.2 Å². The topological polar surface area (TPSA) is 48.9 Å². The predicted molar refractivity (Wildman–Crippen MR) is 55.0 cm³/mol. The first-order chi connectivity index (χ1) is 7.11. The van der Waals surface area contributed by atoms with Crippen LogP contribution in [0.25, 0.3) is 0 Å². The fourth-order valence-electron chi connectivity index (χ4n) is 2.72. The van der Waals surface area contributed by atoms with Crippen molar-refractivity contribution in [2.75, 3.05) is 0 Å². The van der Waals surface area contributed by atoms with Gasteiger partial charge < -0.3 is 0 Å². The third kappa shape index (κ3) is 0.879. The number of hydrogen-bond acceptors (Lipinski definition) is 2. The molecule has 0 radical (unpaired) electrons. The predicted octanol–water partition coefficient (Wildman–Crippen LogP) is 0.184. The molecule has 0 N–H and O–H groups in total. The summed E-state index contributed by atoms with van der Waals surface area (Å²) in [7, 11) is 1.54. The smallest absolute Gasteiger partial charge is 0.246 e. The lowest BCUT2D eigenvalue weighted by molar-refractivity contribution is 0.245. The summed E-state index contributed by atoms with van der Waals surface area (Å²) in [6.45, 7) is 2.03. The van der Waals surface area contributed by atoms with Gasteiger partial charge in [-0.2, -0.15) is 0 Å². The summed E-state index contributed by atoms with van der Waals surface area (Å²) in [5.74, 6) is 0. The molecule has 0 amide bonds. The highest BCUT2D eigenvalue weighted by Gasteiger charge is 2.35. The molecule has 1 aromatic heterocycles. The molecule has 3 heterocycles. The Morgan fingerprint density at radius 3 is 2.53 bits per heavy atom. The van der Waals surface area contributed by atoms with Crippen molar-refractivity contribution in [1.82, 2.24) is 13.9 Å². The van der Waals surface area contributed by atoms with E-state index in [1.54, 1.807) is 9.36 Å². The van der Waals surface area contributed by atoms with E-state index in [4.69, 9.17) is 0 Å².